The number of carbonyl (C=O) groups excluding carboxylic acids is 3. The highest BCUT2D eigenvalue weighted by Gasteiger charge is 2.42. The van der Waals surface area contributed by atoms with Crippen LogP contribution >= 0.6 is 11.8 Å². The molecule has 8 heteroatoms. The lowest BCUT2D eigenvalue weighted by Crippen LogP contribution is -2.59. The van der Waals surface area contributed by atoms with Gasteiger partial charge < -0.3 is 20.3 Å². The van der Waals surface area contributed by atoms with Gasteiger partial charge >= 0.3 is 6.09 Å². The van der Waals surface area contributed by atoms with Crippen LogP contribution in [0.15, 0.2) is 18.2 Å². The molecule has 0 saturated heterocycles. The predicted octanol–water partition coefficient (Wildman–Crippen LogP) is 5.53. The molecule has 2 unspecified atom stereocenters. The highest BCUT2D eigenvalue weighted by Crippen LogP contribution is 2.32. The summed E-state index contributed by atoms with van der Waals surface area (Å²) in [5, 5.41) is 5.85. The highest BCUT2D eigenvalue weighted by atomic mass is 32.2. The normalized spacial score (nSPS) is 14.0. The van der Waals surface area contributed by atoms with Gasteiger partial charge in [0.05, 0.1) is 0 Å². The summed E-state index contributed by atoms with van der Waals surface area (Å²) < 4.78 is 5.45. The first-order valence-electron chi connectivity index (χ1n) is 12.5. The molecule has 0 aliphatic rings. The van der Waals surface area contributed by atoms with E-state index in [1.54, 1.807) is 37.4 Å². The molecule has 2 N–H and O–H groups in total. The van der Waals surface area contributed by atoms with Gasteiger partial charge in [0.1, 0.15) is 17.7 Å². The maximum atomic E-state index is 14.2. The van der Waals surface area contributed by atoms with Crippen molar-refractivity contribution >= 4 is 29.7 Å². The Morgan fingerprint density at radius 1 is 0.944 bits per heavy atom. The van der Waals surface area contributed by atoms with E-state index in [0.29, 0.717) is 12.2 Å². The molecule has 0 aliphatic carbocycles. The smallest absolute Gasteiger partial charge is 0.408 e. The number of nitrogens with one attached hydrogen (secondary N) is 2. The third kappa shape index (κ3) is 10.4. The van der Waals surface area contributed by atoms with Gasteiger partial charge in [0.25, 0.3) is 0 Å². The molecule has 36 heavy (non-hydrogen) atoms. The molecular formula is C28H47N3O4S. The maximum Gasteiger partial charge on any atom is 0.408 e. The predicted molar refractivity (Wildman–Crippen MR) is 149 cm³/mol. The van der Waals surface area contributed by atoms with Crippen LogP contribution in [-0.2, 0) is 14.3 Å². The number of aryl methyl sites for hydroxylation is 2. The van der Waals surface area contributed by atoms with Crippen molar-refractivity contribution < 1.29 is 19.1 Å². The number of amides is 3. The highest BCUT2D eigenvalue weighted by molar-refractivity contribution is 7.98. The largest absolute Gasteiger partial charge is 0.444 e. The molecule has 0 aromatic heterocycles. The molecule has 0 bridgehead atoms. The molecule has 0 heterocycles. The van der Waals surface area contributed by atoms with Crippen molar-refractivity contribution in [2.45, 2.75) is 111 Å². The summed E-state index contributed by atoms with van der Waals surface area (Å²) in [5.41, 5.74) is 0.833. The minimum absolute atomic E-state index is 0.267. The Kier molecular flexibility index (Phi) is 10.9. The van der Waals surface area contributed by atoms with Crippen LogP contribution < -0.4 is 10.6 Å². The quantitative estimate of drug-likeness (QED) is 0.469. The minimum Gasteiger partial charge on any atom is -0.444 e. The third-order valence-corrected chi connectivity index (χ3v) is 5.77. The van der Waals surface area contributed by atoms with Crippen molar-refractivity contribution in [3.63, 3.8) is 0 Å². The Hall–Kier alpha value is -2.22. The van der Waals surface area contributed by atoms with Crippen LogP contribution in [0.3, 0.4) is 0 Å². The molecule has 0 fully saturated rings. The van der Waals surface area contributed by atoms with Gasteiger partial charge in [0.2, 0.25) is 11.8 Å². The molecule has 0 radical (unpaired) electrons. The van der Waals surface area contributed by atoms with Gasteiger partial charge in [-0.05, 0) is 100 Å². The zero-order valence-electron chi connectivity index (χ0n) is 24.3. The number of nitrogens with zero attached hydrogens (tertiary/aromatic N) is 1. The molecule has 204 valence electrons. The van der Waals surface area contributed by atoms with E-state index in [1.165, 1.54) is 0 Å². The summed E-state index contributed by atoms with van der Waals surface area (Å²) in [7, 11) is 0. The van der Waals surface area contributed by atoms with Gasteiger partial charge in [-0.25, -0.2) is 4.79 Å². The molecule has 1 aromatic carbocycles. The maximum absolute atomic E-state index is 14.2. The summed E-state index contributed by atoms with van der Waals surface area (Å²) in [6, 6.07) is 4.21. The van der Waals surface area contributed by atoms with E-state index >= 15 is 0 Å². The second kappa shape index (κ2) is 12.3. The standard InChI is InChI=1S/C28H47N3O4S/c1-18-15-19(2)17-20(16-18)22(23(32)30-26(3,4)5)31(27(6,7)8)24(33)21(13-14-36-12)29-25(34)35-28(9,10)11/h15-17,21-22H,13-14H2,1-12H3,(H,29,34)(H,30,32). The lowest BCUT2D eigenvalue weighted by molar-refractivity contribution is -0.149. The van der Waals surface area contributed by atoms with Crippen molar-refractivity contribution in [2.24, 2.45) is 0 Å². The van der Waals surface area contributed by atoms with Crippen molar-refractivity contribution in [2.75, 3.05) is 12.0 Å². The van der Waals surface area contributed by atoms with Gasteiger partial charge in [-0.2, -0.15) is 11.8 Å². The van der Waals surface area contributed by atoms with Gasteiger partial charge in [0.15, 0.2) is 0 Å². The number of hydrogen-bond acceptors (Lipinski definition) is 5. The fourth-order valence-electron chi connectivity index (χ4n) is 3.98. The molecule has 1 rings (SSSR count). The SMILES string of the molecule is CSCCC(NC(=O)OC(C)(C)C)C(=O)N(C(C(=O)NC(C)(C)C)c1cc(C)cc(C)c1)C(C)(C)C. The summed E-state index contributed by atoms with van der Waals surface area (Å²) in [6.07, 6.45) is 1.70. The number of hydrogen-bond donors (Lipinski definition) is 2. The minimum atomic E-state index is -0.882. The molecule has 0 spiro atoms. The Labute approximate surface area is 222 Å². The van der Waals surface area contributed by atoms with Crippen LogP contribution in [-0.4, -0.2) is 57.5 Å². The van der Waals surface area contributed by atoms with Crippen molar-refractivity contribution in [1.29, 1.82) is 0 Å². The average molecular weight is 522 g/mol. The molecule has 0 saturated carbocycles. The van der Waals surface area contributed by atoms with E-state index in [-0.39, 0.29) is 11.8 Å². The fraction of sp³-hybridized carbons (Fsp3) is 0.679. The van der Waals surface area contributed by atoms with E-state index in [0.717, 1.165) is 16.7 Å². The summed E-state index contributed by atoms with van der Waals surface area (Å²) in [4.78, 5) is 42.3. The Morgan fingerprint density at radius 2 is 1.47 bits per heavy atom. The van der Waals surface area contributed by atoms with E-state index < -0.39 is 34.9 Å². The number of rotatable bonds is 8. The Bertz CT molecular complexity index is 906. The van der Waals surface area contributed by atoms with Crippen molar-refractivity contribution in [3.05, 3.63) is 34.9 Å². The van der Waals surface area contributed by atoms with Crippen LogP contribution in [0.1, 0.15) is 91.5 Å². The van der Waals surface area contributed by atoms with Crippen LogP contribution in [0.2, 0.25) is 0 Å². The Balaban J connectivity index is 3.64. The topological polar surface area (TPSA) is 87.7 Å². The zero-order chi connectivity index (χ0) is 28.1. The fourth-order valence-corrected chi connectivity index (χ4v) is 4.45. The van der Waals surface area contributed by atoms with Gasteiger partial charge in [-0.1, -0.05) is 29.3 Å². The summed E-state index contributed by atoms with van der Waals surface area (Å²) >= 11 is 1.59. The average Bonchev–Trinajstić information content (AvgIpc) is 2.63. The zero-order valence-corrected chi connectivity index (χ0v) is 25.1. The van der Waals surface area contributed by atoms with Crippen LogP contribution in [0.5, 0.6) is 0 Å². The first-order chi connectivity index (χ1) is 16.2. The number of benzene rings is 1. The number of thioether (sulfide) groups is 1. The second-order valence-electron chi connectivity index (χ2n) is 12.4. The number of alkyl carbamates (subject to hydrolysis) is 1. The lowest BCUT2D eigenvalue weighted by atomic mass is 9.92. The first kappa shape index (κ1) is 31.8. The van der Waals surface area contributed by atoms with E-state index in [4.69, 9.17) is 4.74 Å². The van der Waals surface area contributed by atoms with E-state index in [1.807, 2.05) is 79.8 Å². The number of carbonyl (C=O) groups is 3. The monoisotopic (exact) mass is 521 g/mol. The molecule has 1 aromatic rings. The molecule has 2 atom stereocenters. The molecular weight excluding hydrogens is 474 g/mol. The summed E-state index contributed by atoms with van der Waals surface area (Å²) in [6.45, 7) is 20.7. The third-order valence-electron chi connectivity index (χ3n) is 5.12. The number of ether oxygens (including phenoxy) is 1. The second-order valence-corrected chi connectivity index (χ2v) is 13.4. The van der Waals surface area contributed by atoms with Gasteiger partial charge in [0, 0.05) is 11.1 Å². The summed E-state index contributed by atoms with van der Waals surface area (Å²) in [5.74, 6) is 0.0688. The Morgan fingerprint density at radius 3 is 1.89 bits per heavy atom. The lowest BCUT2D eigenvalue weighted by Gasteiger charge is -2.44. The molecule has 0 aliphatic heterocycles. The van der Waals surface area contributed by atoms with Gasteiger partial charge in [-0.3, -0.25) is 9.59 Å². The van der Waals surface area contributed by atoms with Gasteiger partial charge in [-0.15, -0.1) is 0 Å². The van der Waals surface area contributed by atoms with Crippen LogP contribution in [0.4, 0.5) is 4.79 Å². The van der Waals surface area contributed by atoms with Crippen molar-refractivity contribution in [3.8, 4) is 0 Å². The molecule has 3 amide bonds. The van der Waals surface area contributed by atoms with Crippen LogP contribution in [0.25, 0.3) is 0 Å². The molecule has 7 nitrogen and oxygen atoms in total. The van der Waals surface area contributed by atoms with Crippen molar-refractivity contribution in [1.82, 2.24) is 15.5 Å². The van der Waals surface area contributed by atoms with E-state index in [2.05, 4.69) is 10.6 Å². The first-order valence-corrected chi connectivity index (χ1v) is 13.9. The van der Waals surface area contributed by atoms with E-state index in [9.17, 15) is 14.4 Å². The van der Waals surface area contributed by atoms with Crippen LogP contribution in [0, 0.1) is 13.8 Å².